The first-order chi connectivity index (χ1) is 7.90. The fraction of sp³-hybridized carbons (Fsp3) is 0. The van der Waals surface area contributed by atoms with Crippen LogP contribution in [0.3, 0.4) is 0 Å². The molecule has 0 aromatic heterocycles. The minimum absolute atomic E-state index is 0.684. The number of benzene rings is 2. The third kappa shape index (κ3) is 1.21. The van der Waals surface area contributed by atoms with Crippen LogP contribution in [0.1, 0.15) is 11.1 Å². The Kier molecular flexibility index (Phi) is 1.95. The lowest BCUT2D eigenvalue weighted by atomic mass is 10.1. The summed E-state index contributed by atoms with van der Waals surface area (Å²) in [7, 11) is 0. The largest absolute Gasteiger partial charge is 0.240 e. The van der Waals surface area contributed by atoms with Crippen molar-refractivity contribution in [2.24, 2.45) is 4.99 Å². The second-order valence-corrected chi connectivity index (χ2v) is 3.67. The highest BCUT2D eigenvalue weighted by molar-refractivity contribution is 5.85. The molecule has 3 rings (SSSR count). The van der Waals surface area contributed by atoms with Gasteiger partial charge < -0.3 is 0 Å². The Hall–Kier alpha value is -2.18. The highest BCUT2D eigenvalue weighted by Crippen LogP contribution is 2.41. The van der Waals surface area contributed by atoms with Crippen molar-refractivity contribution in [1.29, 1.82) is 0 Å². The molecule has 2 nitrogen and oxygen atoms in total. The Bertz CT molecular complexity index is 610. The van der Waals surface area contributed by atoms with Gasteiger partial charge in [0.25, 0.3) is 0 Å². The number of fused-ring (bicyclic) bond motifs is 3. The molecule has 0 spiro atoms. The Balaban J connectivity index is 2.27. The van der Waals surface area contributed by atoms with E-state index < -0.39 is 0 Å². The zero-order valence-corrected chi connectivity index (χ0v) is 8.47. The van der Waals surface area contributed by atoms with Crippen LogP contribution in [-0.2, 0) is 4.79 Å². The number of aliphatic imine (C=N–C) groups is 1. The van der Waals surface area contributed by atoms with Crippen LogP contribution in [0.4, 0.5) is 5.69 Å². The molecule has 2 heteroatoms. The van der Waals surface area contributed by atoms with E-state index in [1.165, 1.54) is 11.1 Å². The molecule has 75 valence electrons. The SMILES string of the molecule is O=C=Nc1cccc2c1[CH]c1ccccc1-2. The third-order valence-corrected chi connectivity index (χ3v) is 2.80. The van der Waals surface area contributed by atoms with Crippen molar-refractivity contribution in [3.63, 3.8) is 0 Å². The fourth-order valence-electron chi connectivity index (χ4n) is 2.11. The minimum Gasteiger partial charge on any atom is -0.211 e. The highest BCUT2D eigenvalue weighted by Gasteiger charge is 2.20. The first kappa shape index (κ1) is 9.08. The molecule has 0 atom stereocenters. The standard InChI is InChI=1S/C14H8NO/c16-9-15-14-7-3-6-12-11-5-2-1-4-10(11)8-13(12)14/h1-8H. The van der Waals surface area contributed by atoms with Crippen LogP contribution in [0, 0.1) is 6.42 Å². The molecule has 0 amide bonds. The van der Waals surface area contributed by atoms with E-state index in [0.717, 1.165) is 11.1 Å². The Morgan fingerprint density at radius 2 is 1.75 bits per heavy atom. The predicted molar refractivity (Wildman–Crippen MR) is 62.2 cm³/mol. The van der Waals surface area contributed by atoms with Crippen molar-refractivity contribution in [2.45, 2.75) is 0 Å². The predicted octanol–water partition coefficient (Wildman–Crippen LogP) is 3.23. The van der Waals surface area contributed by atoms with E-state index in [-0.39, 0.29) is 0 Å². The molecule has 0 heterocycles. The smallest absolute Gasteiger partial charge is 0.211 e. The van der Waals surface area contributed by atoms with E-state index in [4.69, 9.17) is 0 Å². The topological polar surface area (TPSA) is 29.4 Å². The molecule has 2 aromatic rings. The molecule has 0 unspecified atom stereocenters. The molecular formula is C14H8NO. The van der Waals surface area contributed by atoms with Gasteiger partial charge in [0.2, 0.25) is 6.08 Å². The average molecular weight is 206 g/mol. The van der Waals surface area contributed by atoms with Crippen LogP contribution in [0.5, 0.6) is 0 Å². The van der Waals surface area contributed by atoms with Gasteiger partial charge in [0.15, 0.2) is 0 Å². The van der Waals surface area contributed by atoms with E-state index >= 15 is 0 Å². The van der Waals surface area contributed by atoms with Gasteiger partial charge in [0.05, 0.1) is 5.69 Å². The van der Waals surface area contributed by atoms with Crippen molar-refractivity contribution in [2.75, 3.05) is 0 Å². The normalized spacial score (nSPS) is 11.5. The molecule has 0 aliphatic heterocycles. The lowest BCUT2D eigenvalue weighted by Gasteiger charge is -2.01. The van der Waals surface area contributed by atoms with Crippen LogP contribution >= 0.6 is 0 Å². The van der Waals surface area contributed by atoms with Crippen LogP contribution in [-0.4, -0.2) is 6.08 Å². The van der Waals surface area contributed by atoms with Crippen molar-refractivity contribution >= 4 is 11.8 Å². The van der Waals surface area contributed by atoms with Gasteiger partial charge >= 0.3 is 0 Å². The average Bonchev–Trinajstić information content (AvgIpc) is 2.69. The van der Waals surface area contributed by atoms with E-state index in [0.29, 0.717) is 5.69 Å². The summed E-state index contributed by atoms with van der Waals surface area (Å²) in [5.41, 5.74) is 5.19. The van der Waals surface area contributed by atoms with Gasteiger partial charge in [-0.25, -0.2) is 4.79 Å². The number of hydrogen-bond acceptors (Lipinski definition) is 2. The third-order valence-electron chi connectivity index (χ3n) is 2.80. The second kappa shape index (κ2) is 3.44. The summed E-state index contributed by atoms with van der Waals surface area (Å²) < 4.78 is 0. The molecular weight excluding hydrogens is 198 g/mol. The molecule has 0 saturated carbocycles. The first-order valence-electron chi connectivity index (χ1n) is 5.05. The molecule has 0 bridgehead atoms. The summed E-state index contributed by atoms with van der Waals surface area (Å²) in [6.45, 7) is 0. The second-order valence-electron chi connectivity index (χ2n) is 3.67. The fourth-order valence-corrected chi connectivity index (χ4v) is 2.11. The highest BCUT2D eigenvalue weighted by atomic mass is 16.1. The summed E-state index contributed by atoms with van der Waals surface area (Å²) in [6, 6.07) is 13.9. The number of nitrogens with zero attached hydrogens (tertiary/aromatic N) is 1. The lowest BCUT2D eigenvalue weighted by Crippen LogP contribution is -1.78. The van der Waals surface area contributed by atoms with E-state index in [1.54, 1.807) is 6.08 Å². The van der Waals surface area contributed by atoms with Crippen LogP contribution < -0.4 is 0 Å². The number of carbonyl (C=O) groups excluding carboxylic acids is 1. The maximum absolute atomic E-state index is 10.3. The molecule has 2 aromatic carbocycles. The Labute approximate surface area is 93.3 Å². The van der Waals surface area contributed by atoms with Crippen molar-refractivity contribution < 1.29 is 4.79 Å². The first-order valence-corrected chi connectivity index (χ1v) is 5.05. The number of rotatable bonds is 1. The zero-order chi connectivity index (χ0) is 11.0. The summed E-state index contributed by atoms with van der Waals surface area (Å²) in [5.74, 6) is 0. The summed E-state index contributed by atoms with van der Waals surface area (Å²) in [4.78, 5) is 14.1. The van der Waals surface area contributed by atoms with Crippen molar-refractivity contribution in [1.82, 2.24) is 0 Å². The van der Waals surface area contributed by atoms with Gasteiger partial charge in [0.1, 0.15) is 0 Å². The molecule has 0 N–H and O–H groups in total. The molecule has 1 aliphatic carbocycles. The maximum atomic E-state index is 10.3. The van der Waals surface area contributed by atoms with Crippen LogP contribution in [0.25, 0.3) is 11.1 Å². The quantitative estimate of drug-likeness (QED) is 0.444. The molecule has 1 radical (unpaired) electrons. The molecule has 16 heavy (non-hydrogen) atoms. The summed E-state index contributed by atoms with van der Waals surface area (Å²) in [5, 5.41) is 0. The monoisotopic (exact) mass is 206 g/mol. The van der Waals surface area contributed by atoms with E-state index in [1.807, 2.05) is 30.3 Å². The van der Waals surface area contributed by atoms with Gasteiger partial charge in [-0.15, -0.1) is 0 Å². The zero-order valence-electron chi connectivity index (χ0n) is 8.47. The van der Waals surface area contributed by atoms with Crippen molar-refractivity contribution in [3.8, 4) is 11.1 Å². The van der Waals surface area contributed by atoms with Gasteiger partial charge in [-0.3, -0.25) is 0 Å². The lowest BCUT2D eigenvalue weighted by molar-refractivity contribution is 0.565. The van der Waals surface area contributed by atoms with Gasteiger partial charge in [-0.2, -0.15) is 4.99 Å². The van der Waals surface area contributed by atoms with Crippen LogP contribution in [0.2, 0.25) is 0 Å². The number of isocyanates is 1. The van der Waals surface area contributed by atoms with Gasteiger partial charge in [-0.1, -0.05) is 36.4 Å². The van der Waals surface area contributed by atoms with Crippen molar-refractivity contribution in [3.05, 3.63) is 60.0 Å². The molecule has 1 aliphatic rings. The van der Waals surface area contributed by atoms with Crippen LogP contribution in [0.15, 0.2) is 47.5 Å². The Morgan fingerprint density at radius 3 is 2.62 bits per heavy atom. The summed E-state index contributed by atoms with van der Waals surface area (Å²) in [6.07, 6.45) is 3.65. The van der Waals surface area contributed by atoms with Gasteiger partial charge in [-0.05, 0) is 28.3 Å². The van der Waals surface area contributed by atoms with E-state index in [9.17, 15) is 4.79 Å². The summed E-state index contributed by atoms with van der Waals surface area (Å²) >= 11 is 0. The molecule has 0 fully saturated rings. The van der Waals surface area contributed by atoms with E-state index in [2.05, 4.69) is 23.5 Å². The Morgan fingerprint density at radius 1 is 0.938 bits per heavy atom. The minimum atomic E-state index is 0.684. The maximum Gasteiger partial charge on any atom is 0.240 e. The number of hydrogen-bond donors (Lipinski definition) is 0. The van der Waals surface area contributed by atoms with Gasteiger partial charge in [0, 0.05) is 6.42 Å². The molecule has 0 saturated heterocycles.